The van der Waals surface area contributed by atoms with Crippen molar-refractivity contribution in [1.82, 2.24) is 5.01 Å². The van der Waals surface area contributed by atoms with E-state index in [-0.39, 0.29) is 6.04 Å². The van der Waals surface area contributed by atoms with Crippen LogP contribution < -0.4 is 5.32 Å². The van der Waals surface area contributed by atoms with Crippen molar-refractivity contribution in [2.24, 2.45) is 11.0 Å². The molecule has 0 saturated carbocycles. The molecule has 5 rings (SSSR count). The molecular formula is C24H20ClN3S. The van der Waals surface area contributed by atoms with Crippen LogP contribution >= 0.6 is 23.8 Å². The third-order valence-corrected chi connectivity index (χ3v) is 6.22. The van der Waals surface area contributed by atoms with Crippen LogP contribution in [0.1, 0.15) is 29.2 Å². The van der Waals surface area contributed by atoms with Crippen LogP contribution in [-0.4, -0.2) is 15.8 Å². The molecule has 0 bridgehead atoms. The quantitative estimate of drug-likeness (QED) is 0.513. The molecule has 0 amide bonds. The van der Waals surface area contributed by atoms with Crippen LogP contribution in [0.4, 0.5) is 5.69 Å². The fourth-order valence-corrected chi connectivity index (χ4v) is 4.73. The Kier molecular flexibility index (Phi) is 4.82. The summed E-state index contributed by atoms with van der Waals surface area (Å²) in [5.74, 6) is 0.293. The Hall–Kier alpha value is -2.69. The smallest absolute Gasteiger partial charge is 0.194 e. The number of nitrogens with zero attached hydrogens (tertiary/aromatic N) is 2. The molecule has 0 spiro atoms. The summed E-state index contributed by atoms with van der Waals surface area (Å²) in [5.41, 5.74) is 5.87. The maximum atomic E-state index is 6.15. The molecule has 3 nitrogen and oxygen atoms in total. The number of fused-ring (bicyclic) bond motifs is 3. The standard InChI is InChI=1S/C24H20ClN3S/c25-18-13-10-17(11-14-18)23-21-15-12-16-6-4-5-9-20(16)22(21)27-28(23)24(29)26-19-7-2-1-3-8-19/h1-11,13-14,21,23H,12,15H2,(H,26,29)/t21-,23+/m0/s1. The van der Waals surface area contributed by atoms with Gasteiger partial charge < -0.3 is 5.32 Å². The number of hydrogen-bond donors (Lipinski definition) is 1. The van der Waals surface area contributed by atoms with Crippen molar-refractivity contribution in [1.29, 1.82) is 0 Å². The summed E-state index contributed by atoms with van der Waals surface area (Å²) in [6.45, 7) is 0. The number of hydrazone groups is 1. The number of anilines is 1. The van der Waals surface area contributed by atoms with Gasteiger partial charge in [-0.3, -0.25) is 0 Å². The fourth-order valence-electron chi connectivity index (χ4n) is 4.33. The van der Waals surface area contributed by atoms with Crippen molar-refractivity contribution < 1.29 is 0 Å². The molecular weight excluding hydrogens is 398 g/mol. The molecule has 0 unspecified atom stereocenters. The zero-order valence-corrected chi connectivity index (χ0v) is 17.3. The van der Waals surface area contributed by atoms with Gasteiger partial charge in [-0.2, -0.15) is 5.10 Å². The third kappa shape index (κ3) is 3.43. The third-order valence-electron chi connectivity index (χ3n) is 5.67. The first-order chi connectivity index (χ1) is 14.2. The van der Waals surface area contributed by atoms with Crippen LogP contribution in [0.2, 0.25) is 5.02 Å². The highest BCUT2D eigenvalue weighted by molar-refractivity contribution is 7.80. The van der Waals surface area contributed by atoms with Crippen molar-refractivity contribution in [3.63, 3.8) is 0 Å². The molecule has 0 aromatic heterocycles. The van der Waals surface area contributed by atoms with Crippen LogP contribution in [0.3, 0.4) is 0 Å². The Labute approximate surface area is 181 Å². The number of halogens is 1. The number of hydrogen-bond acceptors (Lipinski definition) is 2. The van der Waals surface area contributed by atoms with Gasteiger partial charge in [-0.25, -0.2) is 5.01 Å². The summed E-state index contributed by atoms with van der Waals surface area (Å²) in [7, 11) is 0. The van der Waals surface area contributed by atoms with E-state index in [0.29, 0.717) is 11.0 Å². The van der Waals surface area contributed by atoms with Crippen LogP contribution in [0.5, 0.6) is 0 Å². The topological polar surface area (TPSA) is 27.6 Å². The van der Waals surface area contributed by atoms with Crippen molar-refractivity contribution in [2.45, 2.75) is 18.9 Å². The molecule has 1 heterocycles. The fraction of sp³-hybridized carbons (Fsp3) is 0.167. The second-order valence-electron chi connectivity index (χ2n) is 7.42. The van der Waals surface area contributed by atoms with E-state index in [2.05, 4.69) is 41.7 Å². The van der Waals surface area contributed by atoms with Crippen LogP contribution in [0.15, 0.2) is 84.0 Å². The Bertz CT molecular complexity index is 1080. The van der Waals surface area contributed by atoms with Crippen molar-refractivity contribution in [3.05, 3.63) is 101 Å². The molecule has 2 aliphatic rings. The highest BCUT2D eigenvalue weighted by atomic mass is 35.5. The van der Waals surface area contributed by atoms with E-state index in [1.165, 1.54) is 16.7 Å². The Balaban J connectivity index is 1.55. The average Bonchev–Trinajstić information content (AvgIpc) is 3.15. The van der Waals surface area contributed by atoms with Gasteiger partial charge in [-0.1, -0.05) is 66.2 Å². The van der Waals surface area contributed by atoms with Gasteiger partial charge >= 0.3 is 0 Å². The summed E-state index contributed by atoms with van der Waals surface area (Å²) in [6, 6.07) is 26.7. The second kappa shape index (κ2) is 7.62. The summed E-state index contributed by atoms with van der Waals surface area (Å²) in [6.07, 6.45) is 2.10. The molecule has 2 atom stereocenters. The minimum absolute atomic E-state index is 0.0549. The minimum Gasteiger partial charge on any atom is -0.331 e. The molecule has 1 N–H and O–H groups in total. The lowest BCUT2D eigenvalue weighted by molar-refractivity contribution is 0.311. The normalized spacial score (nSPS) is 19.9. The summed E-state index contributed by atoms with van der Waals surface area (Å²) in [5, 5.41) is 11.7. The summed E-state index contributed by atoms with van der Waals surface area (Å²) < 4.78 is 0. The Morgan fingerprint density at radius 3 is 2.48 bits per heavy atom. The molecule has 3 aromatic rings. The van der Waals surface area contributed by atoms with Gasteiger partial charge in [0, 0.05) is 22.2 Å². The average molecular weight is 418 g/mol. The highest BCUT2D eigenvalue weighted by Crippen LogP contribution is 2.43. The number of para-hydroxylation sites is 1. The van der Waals surface area contributed by atoms with Gasteiger partial charge in [0.2, 0.25) is 0 Å². The Morgan fingerprint density at radius 2 is 1.69 bits per heavy atom. The van der Waals surface area contributed by atoms with Gasteiger partial charge in [-0.15, -0.1) is 0 Å². The lowest BCUT2D eigenvalue weighted by Crippen LogP contribution is -2.34. The molecule has 1 aliphatic carbocycles. The maximum Gasteiger partial charge on any atom is 0.194 e. The molecule has 29 heavy (non-hydrogen) atoms. The molecule has 3 aromatic carbocycles. The molecule has 0 radical (unpaired) electrons. The lowest BCUT2D eigenvalue weighted by Gasteiger charge is -2.31. The first-order valence-corrected chi connectivity index (χ1v) is 10.6. The molecule has 0 saturated heterocycles. The minimum atomic E-state index is 0.0549. The van der Waals surface area contributed by atoms with E-state index >= 15 is 0 Å². The second-order valence-corrected chi connectivity index (χ2v) is 8.25. The predicted octanol–water partition coefficient (Wildman–Crippen LogP) is 6.06. The van der Waals surface area contributed by atoms with Crippen molar-refractivity contribution >= 4 is 40.3 Å². The number of aryl methyl sites for hydroxylation is 1. The number of rotatable bonds is 2. The van der Waals surface area contributed by atoms with Crippen molar-refractivity contribution in [2.75, 3.05) is 5.32 Å². The largest absolute Gasteiger partial charge is 0.331 e. The van der Waals surface area contributed by atoms with Crippen molar-refractivity contribution in [3.8, 4) is 0 Å². The van der Waals surface area contributed by atoms with Crippen LogP contribution in [0.25, 0.3) is 0 Å². The zero-order chi connectivity index (χ0) is 19.8. The van der Waals surface area contributed by atoms with Crippen LogP contribution in [0, 0.1) is 5.92 Å². The van der Waals surface area contributed by atoms with Gasteiger partial charge in [-0.05, 0) is 60.5 Å². The van der Waals surface area contributed by atoms with Gasteiger partial charge in [0.1, 0.15) is 0 Å². The van der Waals surface area contributed by atoms with E-state index in [1.807, 2.05) is 47.5 Å². The summed E-state index contributed by atoms with van der Waals surface area (Å²) in [4.78, 5) is 0. The monoisotopic (exact) mass is 417 g/mol. The van der Waals surface area contributed by atoms with E-state index in [0.717, 1.165) is 29.3 Å². The van der Waals surface area contributed by atoms with Crippen LogP contribution in [-0.2, 0) is 6.42 Å². The molecule has 0 fully saturated rings. The van der Waals surface area contributed by atoms with Gasteiger partial charge in [0.05, 0.1) is 11.8 Å². The lowest BCUT2D eigenvalue weighted by atomic mass is 9.77. The number of thiocarbonyl (C=S) groups is 1. The number of benzene rings is 3. The van der Waals surface area contributed by atoms with E-state index in [1.54, 1.807) is 0 Å². The SMILES string of the molecule is S=C(Nc1ccccc1)N1N=C2c3ccccc3CC[C@@H]2[C@H]1c1ccc(Cl)cc1. The molecule has 144 valence electrons. The highest BCUT2D eigenvalue weighted by Gasteiger charge is 2.42. The summed E-state index contributed by atoms with van der Waals surface area (Å²) >= 11 is 11.9. The first-order valence-electron chi connectivity index (χ1n) is 9.78. The Morgan fingerprint density at radius 1 is 0.966 bits per heavy atom. The predicted molar refractivity (Wildman–Crippen MR) is 123 cm³/mol. The zero-order valence-electron chi connectivity index (χ0n) is 15.8. The van der Waals surface area contributed by atoms with Gasteiger partial charge in [0.25, 0.3) is 0 Å². The van der Waals surface area contributed by atoms with E-state index in [9.17, 15) is 0 Å². The van der Waals surface area contributed by atoms with E-state index < -0.39 is 0 Å². The molecule has 1 aliphatic heterocycles. The maximum absolute atomic E-state index is 6.15. The number of nitrogens with one attached hydrogen (secondary N) is 1. The van der Waals surface area contributed by atoms with E-state index in [4.69, 9.17) is 28.9 Å². The first kappa shape index (κ1) is 18.3. The van der Waals surface area contributed by atoms with Gasteiger partial charge in [0.15, 0.2) is 5.11 Å². The molecule has 5 heteroatoms.